The zero-order valence-corrected chi connectivity index (χ0v) is 17.4. The molecule has 0 radical (unpaired) electrons. The molecule has 160 valence electrons. The van der Waals surface area contributed by atoms with E-state index in [2.05, 4.69) is 4.72 Å². The van der Waals surface area contributed by atoms with Crippen LogP contribution in [0.2, 0.25) is 0 Å². The standard InChI is InChI=1S/C21H20N4O5S/c1-24-12-15(11-19(24)20(22)26)31(29,30)23-17-7-6-14(10-16(17)21(27)28)25-9-8-13-4-2-3-5-18(13)25/h2-7,10-12,23H,8-9H2,1H3,(H2,22,26)(H,27,28). The zero-order valence-electron chi connectivity index (χ0n) is 16.6. The molecule has 9 nitrogen and oxygen atoms in total. The van der Waals surface area contributed by atoms with Crippen LogP contribution in [0, 0.1) is 0 Å². The third-order valence-corrected chi connectivity index (χ3v) is 6.55. The zero-order chi connectivity index (χ0) is 22.3. The molecule has 1 aromatic heterocycles. The van der Waals surface area contributed by atoms with Gasteiger partial charge in [0.25, 0.3) is 15.9 Å². The minimum Gasteiger partial charge on any atom is -0.478 e. The van der Waals surface area contributed by atoms with Crippen LogP contribution in [0.1, 0.15) is 26.4 Å². The van der Waals surface area contributed by atoms with Gasteiger partial charge in [0.2, 0.25) is 0 Å². The monoisotopic (exact) mass is 440 g/mol. The largest absolute Gasteiger partial charge is 0.478 e. The summed E-state index contributed by atoms with van der Waals surface area (Å²) in [5, 5.41) is 9.70. The Bertz CT molecular complexity index is 1310. The number of carboxylic acids is 1. The van der Waals surface area contributed by atoms with Crippen LogP contribution in [0.15, 0.2) is 59.6 Å². The molecule has 1 aliphatic heterocycles. The van der Waals surface area contributed by atoms with Crippen molar-refractivity contribution in [3.63, 3.8) is 0 Å². The van der Waals surface area contributed by atoms with Crippen LogP contribution in [0.25, 0.3) is 0 Å². The Hall–Kier alpha value is -3.79. The molecular weight excluding hydrogens is 420 g/mol. The summed E-state index contributed by atoms with van der Waals surface area (Å²) in [5.74, 6) is -2.04. The maximum atomic E-state index is 12.8. The van der Waals surface area contributed by atoms with Gasteiger partial charge in [-0.15, -0.1) is 0 Å². The van der Waals surface area contributed by atoms with Crippen molar-refractivity contribution in [2.45, 2.75) is 11.3 Å². The molecule has 1 aliphatic rings. The van der Waals surface area contributed by atoms with E-state index in [0.717, 1.165) is 18.2 Å². The SMILES string of the molecule is Cn1cc(S(=O)(=O)Nc2ccc(N3CCc4ccccc43)cc2C(=O)O)cc1C(N)=O. The van der Waals surface area contributed by atoms with Gasteiger partial charge in [-0.2, -0.15) is 0 Å². The van der Waals surface area contributed by atoms with E-state index in [1.807, 2.05) is 29.2 Å². The van der Waals surface area contributed by atoms with Crippen LogP contribution in [0.3, 0.4) is 0 Å². The van der Waals surface area contributed by atoms with E-state index in [4.69, 9.17) is 5.73 Å². The summed E-state index contributed by atoms with van der Waals surface area (Å²) in [6.45, 7) is 0.698. The molecule has 0 saturated heterocycles. The number of anilines is 3. The van der Waals surface area contributed by atoms with Crippen molar-refractivity contribution in [2.75, 3.05) is 16.2 Å². The van der Waals surface area contributed by atoms with Crippen molar-refractivity contribution in [1.29, 1.82) is 0 Å². The van der Waals surface area contributed by atoms with Gasteiger partial charge in [0.05, 0.1) is 11.3 Å². The quantitative estimate of drug-likeness (QED) is 0.538. The summed E-state index contributed by atoms with van der Waals surface area (Å²) in [6.07, 6.45) is 2.07. The van der Waals surface area contributed by atoms with Crippen molar-refractivity contribution >= 4 is 39.0 Å². The molecule has 31 heavy (non-hydrogen) atoms. The van der Waals surface area contributed by atoms with Crippen LogP contribution in [-0.4, -0.2) is 36.5 Å². The second-order valence-corrected chi connectivity index (χ2v) is 8.89. The van der Waals surface area contributed by atoms with Crippen molar-refractivity contribution in [1.82, 2.24) is 4.57 Å². The van der Waals surface area contributed by atoms with Gasteiger partial charge in [0, 0.05) is 31.2 Å². The number of hydrogen-bond donors (Lipinski definition) is 3. The number of para-hydroxylation sites is 1. The van der Waals surface area contributed by atoms with Crippen LogP contribution in [-0.2, 0) is 23.5 Å². The lowest BCUT2D eigenvalue weighted by Gasteiger charge is -2.21. The Morgan fingerprint density at radius 1 is 1.13 bits per heavy atom. The Labute approximate surface area is 178 Å². The summed E-state index contributed by atoms with van der Waals surface area (Å²) >= 11 is 0. The predicted molar refractivity (Wildman–Crippen MR) is 115 cm³/mol. The maximum absolute atomic E-state index is 12.8. The molecule has 2 aromatic carbocycles. The minimum atomic E-state index is -4.14. The lowest BCUT2D eigenvalue weighted by Crippen LogP contribution is -2.17. The van der Waals surface area contributed by atoms with Crippen molar-refractivity contribution in [3.05, 3.63) is 71.5 Å². The number of sulfonamides is 1. The van der Waals surface area contributed by atoms with E-state index in [-0.39, 0.29) is 21.8 Å². The summed E-state index contributed by atoms with van der Waals surface area (Å²) < 4.78 is 29.2. The van der Waals surface area contributed by atoms with Crippen molar-refractivity contribution < 1.29 is 23.1 Å². The first-order valence-corrected chi connectivity index (χ1v) is 10.9. The Kier molecular flexibility index (Phi) is 4.94. The number of carbonyl (C=O) groups is 2. The van der Waals surface area contributed by atoms with E-state index in [0.29, 0.717) is 12.2 Å². The predicted octanol–water partition coefficient (Wildman–Crippen LogP) is 2.32. The average Bonchev–Trinajstić information content (AvgIpc) is 3.32. The number of carbonyl (C=O) groups excluding carboxylic acids is 1. The molecule has 0 fully saturated rings. The Balaban J connectivity index is 1.69. The first kappa shape index (κ1) is 20.5. The van der Waals surface area contributed by atoms with Crippen LogP contribution >= 0.6 is 0 Å². The number of hydrogen-bond acceptors (Lipinski definition) is 5. The summed E-state index contributed by atoms with van der Waals surface area (Å²) in [5.41, 5.74) is 7.81. The van der Waals surface area contributed by atoms with Crippen LogP contribution in [0.5, 0.6) is 0 Å². The van der Waals surface area contributed by atoms with Crippen LogP contribution in [0.4, 0.5) is 17.1 Å². The molecule has 2 heterocycles. The number of benzene rings is 2. The van der Waals surface area contributed by atoms with E-state index in [9.17, 15) is 23.1 Å². The molecule has 4 rings (SSSR count). The number of aryl methyl sites for hydroxylation is 1. The van der Waals surface area contributed by atoms with E-state index >= 15 is 0 Å². The topological polar surface area (TPSA) is 135 Å². The maximum Gasteiger partial charge on any atom is 0.337 e. The summed E-state index contributed by atoms with van der Waals surface area (Å²) in [6, 6.07) is 13.5. The highest BCUT2D eigenvalue weighted by Gasteiger charge is 2.25. The molecule has 0 unspecified atom stereocenters. The Morgan fingerprint density at radius 3 is 2.55 bits per heavy atom. The average molecular weight is 440 g/mol. The van der Waals surface area contributed by atoms with Crippen molar-refractivity contribution in [2.24, 2.45) is 12.8 Å². The van der Waals surface area contributed by atoms with Gasteiger partial charge in [-0.3, -0.25) is 9.52 Å². The fourth-order valence-corrected chi connectivity index (χ4v) is 4.85. The highest BCUT2D eigenvalue weighted by Crippen LogP contribution is 2.36. The number of nitrogens with one attached hydrogen (secondary N) is 1. The van der Waals surface area contributed by atoms with Crippen molar-refractivity contribution in [3.8, 4) is 0 Å². The minimum absolute atomic E-state index is 0.0156. The van der Waals surface area contributed by atoms with Crippen LogP contribution < -0.4 is 15.4 Å². The summed E-state index contributed by atoms with van der Waals surface area (Å²) in [7, 11) is -2.65. The number of rotatable bonds is 6. The highest BCUT2D eigenvalue weighted by molar-refractivity contribution is 7.92. The number of primary amides is 1. The third-order valence-electron chi connectivity index (χ3n) is 5.22. The van der Waals surface area contributed by atoms with E-state index < -0.39 is 21.9 Å². The number of carboxylic acid groups (broad SMARTS) is 1. The second kappa shape index (κ2) is 7.47. The molecule has 0 bridgehead atoms. The number of aromatic carboxylic acids is 1. The summed E-state index contributed by atoms with van der Waals surface area (Å²) in [4.78, 5) is 25.1. The van der Waals surface area contributed by atoms with Gasteiger partial charge in [-0.25, -0.2) is 13.2 Å². The number of nitrogens with zero attached hydrogens (tertiary/aromatic N) is 2. The number of aromatic nitrogens is 1. The first-order valence-electron chi connectivity index (χ1n) is 9.39. The molecular formula is C21H20N4O5S. The lowest BCUT2D eigenvalue weighted by atomic mass is 10.1. The van der Waals surface area contributed by atoms with E-state index in [1.54, 1.807) is 6.07 Å². The van der Waals surface area contributed by atoms with Gasteiger partial charge >= 0.3 is 5.97 Å². The Morgan fingerprint density at radius 2 is 1.87 bits per heavy atom. The molecule has 0 spiro atoms. The van der Waals surface area contributed by atoms with Gasteiger partial charge in [0.1, 0.15) is 10.6 Å². The van der Waals surface area contributed by atoms with Gasteiger partial charge in [-0.05, 0) is 42.3 Å². The number of fused-ring (bicyclic) bond motifs is 1. The normalized spacial score (nSPS) is 13.1. The molecule has 0 atom stereocenters. The molecule has 10 heteroatoms. The molecule has 0 saturated carbocycles. The first-order chi connectivity index (χ1) is 14.7. The molecule has 3 aromatic rings. The second-order valence-electron chi connectivity index (χ2n) is 7.21. The lowest BCUT2D eigenvalue weighted by molar-refractivity contribution is 0.0697. The molecule has 4 N–H and O–H groups in total. The van der Waals surface area contributed by atoms with Gasteiger partial charge in [-0.1, -0.05) is 18.2 Å². The number of amides is 1. The number of nitrogens with two attached hydrogens (primary N) is 1. The fourth-order valence-electron chi connectivity index (χ4n) is 3.70. The highest BCUT2D eigenvalue weighted by atomic mass is 32.2. The van der Waals surface area contributed by atoms with Gasteiger partial charge < -0.3 is 20.3 Å². The fraction of sp³-hybridized carbons (Fsp3) is 0.143. The van der Waals surface area contributed by atoms with Gasteiger partial charge in [0.15, 0.2) is 0 Å². The molecule has 0 aliphatic carbocycles. The third kappa shape index (κ3) is 3.73. The smallest absolute Gasteiger partial charge is 0.337 e. The van der Waals surface area contributed by atoms with E-state index in [1.165, 1.54) is 35.5 Å². The molecule has 1 amide bonds.